The molecule has 9 heteroatoms. The minimum absolute atomic E-state index is 0.0793. The molecule has 3 rings (SSSR count). The zero-order valence-corrected chi connectivity index (χ0v) is 16.0. The number of sulfonamides is 1. The van der Waals surface area contributed by atoms with E-state index in [1.54, 1.807) is 12.3 Å². The number of methoxy groups -OCH3 is 2. The van der Waals surface area contributed by atoms with E-state index in [0.717, 1.165) is 10.1 Å². The Morgan fingerprint density at radius 3 is 2.60 bits per heavy atom. The van der Waals surface area contributed by atoms with Crippen LogP contribution in [0.1, 0.15) is 5.69 Å². The zero-order chi connectivity index (χ0) is 18.0. The van der Waals surface area contributed by atoms with Crippen molar-refractivity contribution in [1.82, 2.24) is 14.1 Å². The first kappa shape index (κ1) is 17.7. The molecule has 0 aliphatic rings. The van der Waals surface area contributed by atoms with Gasteiger partial charge in [0, 0.05) is 22.9 Å². The highest BCUT2D eigenvalue weighted by molar-refractivity contribution is 9.10. The Kier molecular flexibility index (Phi) is 4.98. The highest BCUT2D eigenvalue weighted by Gasteiger charge is 2.17. The second kappa shape index (κ2) is 7.03. The molecule has 0 aliphatic heterocycles. The van der Waals surface area contributed by atoms with E-state index in [1.807, 2.05) is 22.7 Å². The van der Waals surface area contributed by atoms with E-state index >= 15 is 0 Å². The number of hydrogen-bond donors (Lipinski definition) is 1. The third-order valence-electron chi connectivity index (χ3n) is 3.57. The van der Waals surface area contributed by atoms with E-state index < -0.39 is 10.0 Å². The van der Waals surface area contributed by atoms with E-state index in [1.165, 1.54) is 26.4 Å². The van der Waals surface area contributed by atoms with E-state index in [4.69, 9.17) is 9.47 Å². The van der Waals surface area contributed by atoms with Crippen molar-refractivity contribution in [3.8, 4) is 11.5 Å². The summed E-state index contributed by atoms with van der Waals surface area (Å²) in [5, 5.41) is 0. The van der Waals surface area contributed by atoms with Gasteiger partial charge < -0.3 is 13.9 Å². The lowest BCUT2D eigenvalue weighted by Crippen LogP contribution is -2.23. The predicted octanol–water partition coefficient (Wildman–Crippen LogP) is 2.59. The van der Waals surface area contributed by atoms with Crippen molar-refractivity contribution in [3.05, 3.63) is 52.9 Å². The van der Waals surface area contributed by atoms with E-state index in [9.17, 15) is 8.42 Å². The number of hydrogen-bond acceptors (Lipinski definition) is 5. The summed E-state index contributed by atoms with van der Waals surface area (Å²) in [5.74, 6) is 0.815. The van der Waals surface area contributed by atoms with Gasteiger partial charge in [-0.1, -0.05) is 0 Å². The Morgan fingerprint density at radius 1 is 1.12 bits per heavy atom. The van der Waals surface area contributed by atoms with Crippen LogP contribution in [0.25, 0.3) is 5.65 Å². The lowest BCUT2D eigenvalue weighted by atomic mass is 10.3. The van der Waals surface area contributed by atoms with Crippen molar-refractivity contribution in [2.75, 3.05) is 14.2 Å². The summed E-state index contributed by atoms with van der Waals surface area (Å²) in [6.45, 7) is 0.0793. The average molecular weight is 426 g/mol. The first-order chi connectivity index (χ1) is 11.9. The number of halogens is 1. The maximum Gasteiger partial charge on any atom is 0.241 e. The molecule has 3 aromatic rings. The molecule has 0 saturated carbocycles. The molecule has 2 aromatic heterocycles. The summed E-state index contributed by atoms with van der Waals surface area (Å²) >= 11 is 3.39. The Hall–Kier alpha value is -2.10. The zero-order valence-electron chi connectivity index (χ0n) is 13.6. The maximum absolute atomic E-state index is 12.5. The smallest absolute Gasteiger partial charge is 0.241 e. The van der Waals surface area contributed by atoms with Crippen LogP contribution in [0.3, 0.4) is 0 Å². The Labute approximate surface area is 153 Å². The highest BCUT2D eigenvalue weighted by Crippen LogP contribution is 2.29. The number of pyridine rings is 1. The number of ether oxygens (including phenoxy) is 2. The number of fused-ring (bicyclic) bond motifs is 1. The average Bonchev–Trinajstić information content (AvgIpc) is 3.01. The summed E-state index contributed by atoms with van der Waals surface area (Å²) in [6, 6.07) is 8.15. The van der Waals surface area contributed by atoms with Gasteiger partial charge in [0.25, 0.3) is 0 Å². The number of aromatic nitrogens is 2. The van der Waals surface area contributed by atoms with Crippen molar-refractivity contribution in [3.63, 3.8) is 0 Å². The SMILES string of the molecule is COc1ccc(S(=O)(=O)NCc2cn3cc(Br)ccc3n2)cc1OC. The second-order valence-electron chi connectivity index (χ2n) is 5.19. The molecule has 0 aliphatic carbocycles. The fourth-order valence-electron chi connectivity index (χ4n) is 2.34. The van der Waals surface area contributed by atoms with Crippen LogP contribution in [-0.2, 0) is 16.6 Å². The maximum atomic E-state index is 12.5. The van der Waals surface area contributed by atoms with Gasteiger partial charge in [0.1, 0.15) is 5.65 Å². The van der Waals surface area contributed by atoms with Crippen LogP contribution >= 0.6 is 15.9 Å². The Bertz CT molecular complexity index is 1020. The van der Waals surface area contributed by atoms with Crippen LogP contribution < -0.4 is 14.2 Å². The fraction of sp³-hybridized carbons (Fsp3) is 0.188. The Balaban J connectivity index is 1.81. The molecule has 7 nitrogen and oxygen atoms in total. The van der Waals surface area contributed by atoms with E-state index in [-0.39, 0.29) is 11.4 Å². The molecule has 0 spiro atoms. The van der Waals surface area contributed by atoms with Crippen molar-refractivity contribution in [2.24, 2.45) is 0 Å². The van der Waals surface area contributed by atoms with Gasteiger partial charge >= 0.3 is 0 Å². The summed E-state index contributed by atoms with van der Waals surface area (Å²) in [5.41, 5.74) is 1.35. The molecular weight excluding hydrogens is 410 g/mol. The third-order valence-corrected chi connectivity index (χ3v) is 5.44. The molecule has 1 N–H and O–H groups in total. The molecule has 0 amide bonds. The first-order valence-corrected chi connectivity index (χ1v) is 9.55. The van der Waals surface area contributed by atoms with Gasteiger partial charge in [0.05, 0.1) is 31.4 Å². The van der Waals surface area contributed by atoms with Crippen LogP contribution in [0.2, 0.25) is 0 Å². The van der Waals surface area contributed by atoms with E-state index in [2.05, 4.69) is 25.6 Å². The van der Waals surface area contributed by atoms with Gasteiger partial charge in [-0.25, -0.2) is 18.1 Å². The molecule has 0 saturated heterocycles. The standard InChI is InChI=1S/C16H16BrN3O4S/c1-23-14-5-4-13(7-15(14)24-2)25(21,22)18-8-12-10-20-9-11(17)3-6-16(20)19-12/h3-7,9-10,18H,8H2,1-2H3. The van der Waals surface area contributed by atoms with Crippen molar-refractivity contribution < 1.29 is 17.9 Å². The largest absolute Gasteiger partial charge is 0.493 e. The van der Waals surface area contributed by atoms with Crippen molar-refractivity contribution in [2.45, 2.75) is 11.4 Å². The third kappa shape index (κ3) is 3.78. The van der Waals surface area contributed by atoms with Gasteiger partial charge in [-0.05, 0) is 40.2 Å². The van der Waals surface area contributed by atoms with Crippen LogP contribution in [0.5, 0.6) is 11.5 Å². The van der Waals surface area contributed by atoms with Crippen molar-refractivity contribution in [1.29, 1.82) is 0 Å². The molecule has 0 unspecified atom stereocenters. The fourth-order valence-corrected chi connectivity index (χ4v) is 3.71. The monoisotopic (exact) mass is 425 g/mol. The number of imidazole rings is 1. The number of rotatable bonds is 6. The van der Waals surface area contributed by atoms with Gasteiger partial charge in [0.2, 0.25) is 10.0 Å². The number of nitrogens with one attached hydrogen (secondary N) is 1. The van der Waals surface area contributed by atoms with Gasteiger partial charge in [-0.2, -0.15) is 0 Å². The lowest BCUT2D eigenvalue weighted by Gasteiger charge is -2.10. The van der Waals surface area contributed by atoms with Gasteiger partial charge in [-0.3, -0.25) is 0 Å². The van der Waals surface area contributed by atoms with Crippen LogP contribution in [0, 0.1) is 0 Å². The van der Waals surface area contributed by atoms with Crippen molar-refractivity contribution >= 4 is 31.6 Å². The molecule has 2 heterocycles. The van der Waals surface area contributed by atoms with Gasteiger partial charge in [-0.15, -0.1) is 0 Å². The lowest BCUT2D eigenvalue weighted by molar-refractivity contribution is 0.354. The first-order valence-electron chi connectivity index (χ1n) is 7.28. The van der Waals surface area contributed by atoms with Crippen LogP contribution in [0.4, 0.5) is 0 Å². The predicted molar refractivity (Wildman–Crippen MR) is 96.5 cm³/mol. The highest BCUT2D eigenvalue weighted by atomic mass is 79.9. The number of nitrogens with zero attached hydrogens (tertiary/aromatic N) is 2. The normalized spacial score (nSPS) is 11.6. The molecular formula is C16H16BrN3O4S. The molecule has 1 aromatic carbocycles. The van der Waals surface area contributed by atoms with Gasteiger partial charge in [0.15, 0.2) is 11.5 Å². The molecule has 0 fully saturated rings. The molecule has 0 bridgehead atoms. The molecule has 0 atom stereocenters. The summed E-state index contributed by atoms with van der Waals surface area (Å²) < 4.78 is 40.5. The second-order valence-corrected chi connectivity index (χ2v) is 7.87. The summed E-state index contributed by atoms with van der Waals surface area (Å²) in [7, 11) is -0.759. The molecule has 0 radical (unpaired) electrons. The number of benzene rings is 1. The topological polar surface area (TPSA) is 81.9 Å². The van der Waals surface area contributed by atoms with Crippen LogP contribution in [-0.4, -0.2) is 32.0 Å². The summed E-state index contributed by atoms with van der Waals surface area (Å²) in [4.78, 5) is 4.48. The molecule has 132 valence electrons. The Morgan fingerprint density at radius 2 is 1.88 bits per heavy atom. The molecule has 25 heavy (non-hydrogen) atoms. The minimum atomic E-state index is -3.71. The minimum Gasteiger partial charge on any atom is -0.493 e. The summed E-state index contributed by atoms with van der Waals surface area (Å²) in [6.07, 6.45) is 3.63. The van der Waals surface area contributed by atoms with Crippen LogP contribution in [0.15, 0.2) is 52.1 Å². The quantitative estimate of drug-likeness (QED) is 0.656. The van der Waals surface area contributed by atoms with E-state index in [0.29, 0.717) is 17.2 Å².